The van der Waals surface area contributed by atoms with E-state index in [1.165, 1.54) is 11.6 Å². The van der Waals surface area contributed by atoms with E-state index in [4.69, 9.17) is 0 Å². The van der Waals surface area contributed by atoms with E-state index in [-0.39, 0.29) is 17.8 Å². The number of amides is 1. The van der Waals surface area contributed by atoms with Gasteiger partial charge in [-0.3, -0.25) is 4.79 Å². The van der Waals surface area contributed by atoms with Gasteiger partial charge >= 0.3 is 0 Å². The Bertz CT molecular complexity index is 733. The first-order valence-electron chi connectivity index (χ1n) is 8.63. The van der Waals surface area contributed by atoms with Gasteiger partial charge in [0.05, 0.1) is 6.54 Å². The van der Waals surface area contributed by atoms with Crippen molar-refractivity contribution in [3.8, 4) is 0 Å². The van der Waals surface area contributed by atoms with Gasteiger partial charge < -0.3 is 9.88 Å². The van der Waals surface area contributed by atoms with Crippen molar-refractivity contribution in [1.82, 2.24) is 9.88 Å². The summed E-state index contributed by atoms with van der Waals surface area (Å²) in [7, 11) is 0. The highest BCUT2D eigenvalue weighted by molar-refractivity contribution is 5.95. The van der Waals surface area contributed by atoms with E-state index in [9.17, 15) is 9.18 Å². The lowest BCUT2D eigenvalue weighted by molar-refractivity contribution is 0.0929. The van der Waals surface area contributed by atoms with E-state index in [1.54, 1.807) is 12.1 Å². The molecule has 0 fully saturated rings. The molecule has 0 saturated heterocycles. The third-order valence-corrected chi connectivity index (χ3v) is 4.76. The van der Waals surface area contributed by atoms with E-state index < -0.39 is 0 Å². The molecule has 1 atom stereocenters. The largest absolute Gasteiger partial charge is 0.348 e. The van der Waals surface area contributed by atoms with Gasteiger partial charge in [0.15, 0.2) is 0 Å². The number of nitrogens with one attached hydrogen (secondary N) is 1. The summed E-state index contributed by atoms with van der Waals surface area (Å²) >= 11 is 0. The van der Waals surface area contributed by atoms with Crippen LogP contribution in [0.15, 0.2) is 24.3 Å². The van der Waals surface area contributed by atoms with Crippen LogP contribution in [-0.2, 0) is 13.0 Å². The fraction of sp³-hybridized carbons (Fsp3) is 0.450. The minimum absolute atomic E-state index is 0.0824. The van der Waals surface area contributed by atoms with Crippen LogP contribution < -0.4 is 5.32 Å². The molecule has 1 amide bonds. The molecule has 1 N–H and O–H groups in total. The second kappa shape index (κ2) is 7.65. The monoisotopic (exact) mass is 330 g/mol. The number of carbonyl (C=O) groups excluding carboxylic acids is 1. The SMILES string of the molecule is CCc1c(C)c(C(=O)N[C@@H](C)CC)n(Cc2ccccc2F)c1C. The molecule has 2 rings (SSSR count). The van der Waals surface area contributed by atoms with Crippen LogP contribution in [0, 0.1) is 19.7 Å². The van der Waals surface area contributed by atoms with Gasteiger partial charge in [0.2, 0.25) is 0 Å². The summed E-state index contributed by atoms with van der Waals surface area (Å²) in [5, 5.41) is 3.04. The lowest BCUT2D eigenvalue weighted by atomic mass is 10.1. The first kappa shape index (κ1) is 18.2. The first-order valence-corrected chi connectivity index (χ1v) is 8.63. The second-order valence-corrected chi connectivity index (χ2v) is 6.35. The van der Waals surface area contributed by atoms with E-state index in [0.717, 1.165) is 24.1 Å². The van der Waals surface area contributed by atoms with Crippen LogP contribution in [0.25, 0.3) is 0 Å². The Morgan fingerprint density at radius 2 is 1.92 bits per heavy atom. The van der Waals surface area contributed by atoms with Gasteiger partial charge in [-0.15, -0.1) is 0 Å². The Hall–Kier alpha value is -2.10. The quantitative estimate of drug-likeness (QED) is 0.838. The van der Waals surface area contributed by atoms with Crippen molar-refractivity contribution in [1.29, 1.82) is 0 Å². The Kier molecular flexibility index (Phi) is 5.81. The predicted octanol–water partition coefficient (Wildman–Crippen LogP) is 4.38. The summed E-state index contributed by atoms with van der Waals surface area (Å²) in [6.07, 6.45) is 1.73. The number of benzene rings is 1. The van der Waals surface area contributed by atoms with E-state index in [1.807, 2.05) is 38.3 Å². The Morgan fingerprint density at radius 1 is 1.25 bits per heavy atom. The van der Waals surface area contributed by atoms with Crippen LogP contribution in [0.5, 0.6) is 0 Å². The molecule has 0 bridgehead atoms. The van der Waals surface area contributed by atoms with Crippen molar-refractivity contribution in [2.45, 2.75) is 60.0 Å². The highest BCUT2D eigenvalue weighted by Crippen LogP contribution is 2.25. The molecule has 4 heteroatoms. The van der Waals surface area contributed by atoms with Crippen molar-refractivity contribution in [2.75, 3.05) is 0 Å². The smallest absolute Gasteiger partial charge is 0.268 e. The summed E-state index contributed by atoms with van der Waals surface area (Å²) in [5.41, 5.74) is 4.43. The number of halogens is 1. The van der Waals surface area contributed by atoms with Gasteiger partial charge in [0, 0.05) is 17.3 Å². The van der Waals surface area contributed by atoms with E-state index in [0.29, 0.717) is 17.8 Å². The van der Waals surface area contributed by atoms with Gasteiger partial charge in [-0.1, -0.05) is 32.0 Å². The van der Waals surface area contributed by atoms with Crippen LogP contribution in [-0.4, -0.2) is 16.5 Å². The molecule has 0 radical (unpaired) electrons. The summed E-state index contributed by atoms with van der Waals surface area (Å²) in [6, 6.07) is 6.84. The molecule has 130 valence electrons. The van der Waals surface area contributed by atoms with Gasteiger partial charge in [-0.05, 0) is 50.8 Å². The molecule has 1 aromatic carbocycles. The zero-order chi connectivity index (χ0) is 17.9. The lowest BCUT2D eigenvalue weighted by Crippen LogP contribution is -2.34. The number of hydrogen-bond acceptors (Lipinski definition) is 1. The maximum absolute atomic E-state index is 14.1. The highest BCUT2D eigenvalue weighted by atomic mass is 19.1. The van der Waals surface area contributed by atoms with Gasteiger partial charge in [0.1, 0.15) is 11.5 Å². The number of hydrogen-bond donors (Lipinski definition) is 1. The summed E-state index contributed by atoms with van der Waals surface area (Å²) < 4.78 is 16.0. The fourth-order valence-corrected chi connectivity index (χ4v) is 3.15. The summed E-state index contributed by atoms with van der Waals surface area (Å²) in [6.45, 7) is 10.5. The van der Waals surface area contributed by atoms with Crippen molar-refractivity contribution < 1.29 is 9.18 Å². The predicted molar refractivity (Wildman–Crippen MR) is 96.0 cm³/mol. The molecule has 0 spiro atoms. The molecular formula is C20H27FN2O. The third-order valence-electron chi connectivity index (χ3n) is 4.76. The number of nitrogens with zero attached hydrogens (tertiary/aromatic N) is 1. The van der Waals surface area contributed by atoms with Crippen LogP contribution in [0.3, 0.4) is 0 Å². The molecule has 1 aromatic heterocycles. The van der Waals surface area contributed by atoms with E-state index >= 15 is 0 Å². The second-order valence-electron chi connectivity index (χ2n) is 6.35. The van der Waals surface area contributed by atoms with Crippen molar-refractivity contribution >= 4 is 5.91 Å². The normalized spacial score (nSPS) is 12.2. The molecular weight excluding hydrogens is 303 g/mol. The molecule has 2 aromatic rings. The number of carbonyl (C=O) groups is 1. The number of aromatic nitrogens is 1. The van der Waals surface area contributed by atoms with Crippen LogP contribution >= 0.6 is 0 Å². The van der Waals surface area contributed by atoms with Crippen LogP contribution in [0.4, 0.5) is 4.39 Å². The van der Waals surface area contributed by atoms with E-state index in [2.05, 4.69) is 12.2 Å². The molecule has 24 heavy (non-hydrogen) atoms. The van der Waals surface area contributed by atoms with Gasteiger partial charge in [-0.2, -0.15) is 0 Å². The van der Waals surface area contributed by atoms with Crippen LogP contribution in [0.1, 0.15) is 60.1 Å². The molecule has 0 unspecified atom stereocenters. The Balaban J connectivity index is 2.49. The maximum atomic E-state index is 14.1. The molecule has 0 aliphatic rings. The van der Waals surface area contributed by atoms with Gasteiger partial charge in [0.25, 0.3) is 5.91 Å². The molecule has 3 nitrogen and oxygen atoms in total. The number of rotatable bonds is 6. The average molecular weight is 330 g/mol. The molecule has 0 aliphatic heterocycles. The van der Waals surface area contributed by atoms with Gasteiger partial charge in [-0.25, -0.2) is 4.39 Å². The highest BCUT2D eigenvalue weighted by Gasteiger charge is 2.23. The molecule has 0 aliphatic carbocycles. The van der Waals surface area contributed by atoms with Crippen LogP contribution in [0.2, 0.25) is 0 Å². The Morgan fingerprint density at radius 3 is 2.50 bits per heavy atom. The Labute approximate surface area is 143 Å². The third kappa shape index (κ3) is 3.53. The molecule has 0 saturated carbocycles. The summed E-state index contributed by atoms with van der Waals surface area (Å²) in [4.78, 5) is 12.8. The van der Waals surface area contributed by atoms with Crippen molar-refractivity contribution in [3.63, 3.8) is 0 Å². The minimum Gasteiger partial charge on any atom is -0.348 e. The summed E-state index contributed by atoms with van der Waals surface area (Å²) in [5.74, 6) is -0.324. The lowest BCUT2D eigenvalue weighted by Gasteiger charge is -2.16. The van der Waals surface area contributed by atoms with Crippen molar-refractivity contribution in [3.05, 3.63) is 58.2 Å². The fourth-order valence-electron chi connectivity index (χ4n) is 3.15. The standard InChI is InChI=1S/C20H27FN2O/c1-6-13(3)22-20(24)19-14(4)17(7-2)15(5)23(19)12-16-10-8-9-11-18(16)21/h8-11,13H,6-7,12H2,1-5H3,(H,22,24)/t13-/m0/s1. The average Bonchev–Trinajstić information content (AvgIpc) is 2.79. The zero-order valence-corrected chi connectivity index (χ0v) is 15.2. The maximum Gasteiger partial charge on any atom is 0.268 e. The molecule has 1 heterocycles. The minimum atomic E-state index is -0.241. The first-order chi connectivity index (χ1) is 11.4. The zero-order valence-electron chi connectivity index (χ0n) is 15.2. The van der Waals surface area contributed by atoms with Crippen molar-refractivity contribution in [2.24, 2.45) is 0 Å². The topological polar surface area (TPSA) is 34.0 Å².